The average Bonchev–Trinajstić information content (AvgIpc) is 2.67. The van der Waals surface area contributed by atoms with Crippen molar-refractivity contribution in [1.29, 1.82) is 0 Å². The minimum Gasteiger partial charge on any atom is -0.480 e. The molecule has 1 aliphatic rings. The van der Waals surface area contributed by atoms with Crippen LogP contribution in [0.1, 0.15) is 80.6 Å². The lowest BCUT2D eigenvalue weighted by Crippen LogP contribution is -2.50. The van der Waals surface area contributed by atoms with Crippen LogP contribution in [0.25, 0.3) is 0 Å². The van der Waals surface area contributed by atoms with E-state index in [2.05, 4.69) is 16.0 Å². The summed E-state index contributed by atoms with van der Waals surface area (Å²) in [5, 5.41) is 17.6. The summed E-state index contributed by atoms with van der Waals surface area (Å²) in [5.41, 5.74) is -0.645. The van der Waals surface area contributed by atoms with Crippen molar-refractivity contribution in [3.05, 3.63) is 0 Å². The lowest BCUT2D eigenvalue weighted by Gasteiger charge is -2.30. The molecule has 0 bridgehead atoms. The van der Waals surface area contributed by atoms with Gasteiger partial charge in [0, 0.05) is 12.5 Å². The van der Waals surface area contributed by atoms with Crippen molar-refractivity contribution in [1.82, 2.24) is 16.0 Å². The van der Waals surface area contributed by atoms with Gasteiger partial charge in [0.1, 0.15) is 17.7 Å². The number of carboxylic acid groups (broad SMARTS) is 1. The normalized spacial score (nSPS) is 20.6. The molecule has 0 aromatic heterocycles. The molecule has 4 N–H and O–H groups in total. The summed E-state index contributed by atoms with van der Waals surface area (Å²) < 4.78 is 5.28. The third-order valence-corrected chi connectivity index (χ3v) is 5.73. The predicted octanol–water partition coefficient (Wildman–Crippen LogP) is 3.07. The third kappa shape index (κ3) is 10.9. The Morgan fingerprint density at radius 2 is 1.55 bits per heavy atom. The number of rotatable bonds is 10. The monoisotopic (exact) mass is 469 g/mol. The number of alkyl carbamates (subject to hydrolysis) is 1. The van der Waals surface area contributed by atoms with Crippen molar-refractivity contribution in [2.24, 2.45) is 23.7 Å². The first-order chi connectivity index (χ1) is 15.2. The van der Waals surface area contributed by atoms with E-state index >= 15 is 0 Å². The standard InChI is InChI=1S/C24H43N3O6/c1-14(2)12-18(26-23(32)33-24(5,6)7)21(29)25-13-16-8-10-17(11-9-16)20(28)27-19(15(3)4)22(30)31/h14-19H,8-13H2,1-7H3,(H,25,29)(H,26,32)(H,27,28)(H,30,31)/t16?,17?,18-,19+/m0/s1. The summed E-state index contributed by atoms with van der Waals surface area (Å²) in [6.45, 7) is 13.3. The van der Waals surface area contributed by atoms with Crippen molar-refractivity contribution in [2.45, 2.75) is 98.3 Å². The maximum Gasteiger partial charge on any atom is 0.408 e. The molecule has 190 valence electrons. The number of carbonyl (C=O) groups excluding carboxylic acids is 3. The van der Waals surface area contributed by atoms with Crippen molar-refractivity contribution < 1.29 is 29.0 Å². The van der Waals surface area contributed by atoms with E-state index in [1.807, 2.05) is 13.8 Å². The maximum absolute atomic E-state index is 12.7. The molecule has 1 saturated carbocycles. The molecule has 0 aliphatic heterocycles. The summed E-state index contributed by atoms with van der Waals surface area (Å²) in [6, 6.07) is -1.56. The molecule has 0 saturated heterocycles. The van der Waals surface area contributed by atoms with Crippen LogP contribution in [0.4, 0.5) is 4.79 Å². The minimum atomic E-state index is -1.02. The Hall–Kier alpha value is -2.32. The summed E-state index contributed by atoms with van der Waals surface area (Å²) in [4.78, 5) is 48.7. The summed E-state index contributed by atoms with van der Waals surface area (Å²) >= 11 is 0. The van der Waals surface area contributed by atoms with Gasteiger partial charge in [-0.25, -0.2) is 9.59 Å². The molecule has 0 radical (unpaired) electrons. The van der Waals surface area contributed by atoms with Crippen LogP contribution in [0.15, 0.2) is 0 Å². The SMILES string of the molecule is CC(C)C[C@H](NC(=O)OC(C)(C)C)C(=O)NCC1CCC(C(=O)N[C@@H](C(=O)O)C(C)C)CC1. The highest BCUT2D eigenvalue weighted by Gasteiger charge is 2.31. The second kappa shape index (κ2) is 12.8. The number of aliphatic carboxylic acids is 1. The Morgan fingerprint density at radius 1 is 0.970 bits per heavy atom. The zero-order valence-corrected chi connectivity index (χ0v) is 21.2. The van der Waals surface area contributed by atoms with E-state index in [4.69, 9.17) is 4.74 Å². The highest BCUT2D eigenvalue weighted by Crippen LogP contribution is 2.29. The smallest absolute Gasteiger partial charge is 0.408 e. The van der Waals surface area contributed by atoms with Gasteiger partial charge in [0.25, 0.3) is 0 Å². The predicted molar refractivity (Wildman–Crippen MR) is 125 cm³/mol. The molecule has 1 aliphatic carbocycles. The second-order valence-corrected chi connectivity index (χ2v) is 10.9. The number of carbonyl (C=O) groups is 4. The quantitative estimate of drug-likeness (QED) is 0.388. The molecule has 33 heavy (non-hydrogen) atoms. The fraction of sp³-hybridized carbons (Fsp3) is 0.833. The fourth-order valence-electron chi connectivity index (χ4n) is 3.93. The van der Waals surface area contributed by atoms with Crippen molar-refractivity contribution >= 4 is 23.9 Å². The van der Waals surface area contributed by atoms with Crippen LogP contribution in [0.2, 0.25) is 0 Å². The first kappa shape index (κ1) is 28.7. The minimum absolute atomic E-state index is 0.189. The van der Waals surface area contributed by atoms with Crippen LogP contribution in [-0.2, 0) is 19.1 Å². The summed E-state index contributed by atoms with van der Waals surface area (Å²) in [7, 11) is 0. The number of ether oxygens (including phenoxy) is 1. The zero-order valence-electron chi connectivity index (χ0n) is 21.2. The molecule has 1 rings (SSSR count). The topological polar surface area (TPSA) is 134 Å². The molecule has 9 heteroatoms. The van der Waals surface area contributed by atoms with Gasteiger partial charge in [0.05, 0.1) is 0 Å². The van der Waals surface area contributed by atoms with Crippen LogP contribution >= 0.6 is 0 Å². The molecule has 0 aromatic carbocycles. The van der Waals surface area contributed by atoms with Gasteiger partial charge < -0.3 is 25.8 Å². The lowest BCUT2D eigenvalue weighted by atomic mass is 9.81. The molecule has 3 amide bonds. The summed E-state index contributed by atoms with van der Waals surface area (Å²) in [5.74, 6) is -1.42. The van der Waals surface area contributed by atoms with Crippen LogP contribution in [0.3, 0.4) is 0 Å². The molecular weight excluding hydrogens is 426 g/mol. The number of amides is 3. The molecule has 0 spiro atoms. The highest BCUT2D eigenvalue weighted by molar-refractivity contribution is 5.86. The number of carboxylic acids is 1. The van der Waals surface area contributed by atoms with Crippen LogP contribution in [0, 0.1) is 23.7 Å². The van der Waals surface area contributed by atoms with Crippen molar-refractivity contribution in [2.75, 3.05) is 6.54 Å². The maximum atomic E-state index is 12.7. The van der Waals surface area contributed by atoms with Gasteiger partial charge in [0.2, 0.25) is 11.8 Å². The highest BCUT2D eigenvalue weighted by atomic mass is 16.6. The van der Waals surface area contributed by atoms with E-state index in [-0.39, 0.29) is 35.5 Å². The zero-order chi connectivity index (χ0) is 25.3. The molecule has 1 fully saturated rings. The van der Waals surface area contributed by atoms with E-state index < -0.39 is 29.7 Å². The first-order valence-corrected chi connectivity index (χ1v) is 12.0. The van der Waals surface area contributed by atoms with Gasteiger partial charge in [-0.05, 0) is 70.6 Å². The number of hydrogen-bond acceptors (Lipinski definition) is 5. The van der Waals surface area contributed by atoms with E-state index in [0.717, 1.165) is 12.8 Å². The van der Waals surface area contributed by atoms with E-state index in [1.165, 1.54) is 0 Å². The largest absolute Gasteiger partial charge is 0.480 e. The Kier molecular flexibility index (Phi) is 11.1. The van der Waals surface area contributed by atoms with Gasteiger partial charge in [-0.15, -0.1) is 0 Å². The van der Waals surface area contributed by atoms with Crippen molar-refractivity contribution in [3.8, 4) is 0 Å². The van der Waals surface area contributed by atoms with E-state index in [1.54, 1.807) is 34.6 Å². The van der Waals surface area contributed by atoms with E-state index in [9.17, 15) is 24.3 Å². The van der Waals surface area contributed by atoms with Gasteiger partial charge in [-0.2, -0.15) is 0 Å². The van der Waals surface area contributed by atoms with Crippen molar-refractivity contribution in [3.63, 3.8) is 0 Å². The Morgan fingerprint density at radius 3 is 2.00 bits per heavy atom. The van der Waals surface area contributed by atoms with Crippen LogP contribution in [-0.4, -0.2) is 53.2 Å². The van der Waals surface area contributed by atoms with Gasteiger partial charge in [-0.1, -0.05) is 27.7 Å². The van der Waals surface area contributed by atoms with Crippen LogP contribution < -0.4 is 16.0 Å². The third-order valence-electron chi connectivity index (χ3n) is 5.73. The van der Waals surface area contributed by atoms with E-state index in [0.29, 0.717) is 25.8 Å². The molecule has 0 heterocycles. The molecular formula is C24H43N3O6. The number of hydrogen-bond donors (Lipinski definition) is 4. The van der Waals surface area contributed by atoms with Gasteiger partial charge in [-0.3, -0.25) is 9.59 Å². The Bertz CT molecular complexity index is 678. The van der Waals surface area contributed by atoms with Crippen LogP contribution in [0.5, 0.6) is 0 Å². The molecule has 2 atom stereocenters. The molecule has 0 aromatic rings. The second-order valence-electron chi connectivity index (χ2n) is 10.9. The Labute approximate surface area is 197 Å². The van der Waals surface area contributed by atoms with Gasteiger partial charge >= 0.3 is 12.1 Å². The fourth-order valence-corrected chi connectivity index (χ4v) is 3.93. The Balaban J connectivity index is 2.53. The first-order valence-electron chi connectivity index (χ1n) is 12.0. The number of nitrogens with one attached hydrogen (secondary N) is 3. The average molecular weight is 470 g/mol. The lowest BCUT2D eigenvalue weighted by molar-refractivity contribution is -0.144. The molecule has 0 unspecified atom stereocenters. The molecule has 9 nitrogen and oxygen atoms in total. The van der Waals surface area contributed by atoms with Gasteiger partial charge in [0.15, 0.2) is 0 Å². The summed E-state index contributed by atoms with van der Waals surface area (Å²) in [6.07, 6.45) is 2.73.